The number of likely N-dealkylation sites (tertiary alicyclic amines) is 1. The third-order valence-electron chi connectivity index (χ3n) is 5.33. The Morgan fingerprint density at radius 2 is 1.81 bits per heavy atom. The van der Waals surface area contributed by atoms with Crippen molar-refractivity contribution in [2.24, 2.45) is 5.92 Å². The van der Waals surface area contributed by atoms with Gasteiger partial charge >= 0.3 is 5.97 Å². The summed E-state index contributed by atoms with van der Waals surface area (Å²) in [6.45, 7) is 3.43. The van der Waals surface area contributed by atoms with Gasteiger partial charge in [0.2, 0.25) is 0 Å². The molecule has 3 rings (SSSR count). The average molecular weight is 384 g/mol. The second-order valence-electron chi connectivity index (χ2n) is 7.08. The molecule has 1 fully saturated rings. The minimum atomic E-state index is -0.873. The van der Waals surface area contributed by atoms with Crippen LogP contribution >= 0.6 is 11.8 Å². The quantitative estimate of drug-likeness (QED) is 0.772. The van der Waals surface area contributed by atoms with E-state index in [4.69, 9.17) is 0 Å². The van der Waals surface area contributed by atoms with Crippen molar-refractivity contribution in [3.05, 3.63) is 64.7 Å². The molecule has 1 amide bonds. The van der Waals surface area contributed by atoms with Crippen LogP contribution in [0.4, 0.5) is 0 Å². The fourth-order valence-electron chi connectivity index (χ4n) is 3.69. The summed E-state index contributed by atoms with van der Waals surface area (Å²) in [4.78, 5) is 27.4. The first-order valence-electron chi connectivity index (χ1n) is 9.24. The first kappa shape index (κ1) is 19.5. The van der Waals surface area contributed by atoms with Gasteiger partial charge in [0.25, 0.3) is 5.91 Å². The second kappa shape index (κ2) is 8.61. The van der Waals surface area contributed by atoms with Gasteiger partial charge in [0, 0.05) is 23.5 Å². The fraction of sp³-hybridized carbons (Fsp3) is 0.364. The molecule has 0 bridgehead atoms. The Morgan fingerprint density at radius 3 is 2.48 bits per heavy atom. The van der Waals surface area contributed by atoms with E-state index in [2.05, 4.69) is 0 Å². The lowest BCUT2D eigenvalue weighted by molar-refractivity contribution is 0.0689. The van der Waals surface area contributed by atoms with Crippen LogP contribution in [0.1, 0.15) is 44.7 Å². The van der Waals surface area contributed by atoms with Gasteiger partial charge in [0.05, 0.1) is 5.56 Å². The van der Waals surface area contributed by atoms with Gasteiger partial charge in [0.15, 0.2) is 0 Å². The molecule has 0 spiro atoms. The number of carboxylic acids is 1. The highest BCUT2D eigenvalue weighted by atomic mass is 32.2. The van der Waals surface area contributed by atoms with E-state index in [1.54, 1.807) is 23.9 Å². The molecule has 5 heteroatoms. The summed E-state index contributed by atoms with van der Waals surface area (Å²) < 4.78 is 0. The van der Waals surface area contributed by atoms with Crippen LogP contribution in [0.3, 0.4) is 0 Å². The van der Waals surface area contributed by atoms with Crippen molar-refractivity contribution in [3.8, 4) is 0 Å². The number of aromatic carboxylic acids is 1. The van der Waals surface area contributed by atoms with Gasteiger partial charge in [-0.15, -0.1) is 11.8 Å². The van der Waals surface area contributed by atoms with Crippen molar-refractivity contribution >= 4 is 23.6 Å². The molecule has 0 aromatic heterocycles. The number of amides is 1. The third-order valence-corrected chi connectivity index (χ3v) is 6.06. The maximum atomic E-state index is 12.9. The van der Waals surface area contributed by atoms with E-state index in [1.807, 2.05) is 48.4 Å². The van der Waals surface area contributed by atoms with Crippen LogP contribution in [0.2, 0.25) is 0 Å². The SMILES string of the molecule is CSc1ccc(C)c(C(=O)N2CCC(Cc3ccccc3C(=O)O)CC2)c1. The molecule has 2 aromatic carbocycles. The monoisotopic (exact) mass is 383 g/mol. The Balaban J connectivity index is 1.64. The smallest absolute Gasteiger partial charge is 0.335 e. The number of benzene rings is 2. The van der Waals surface area contributed by atoms with Gasteiger partial charge in [-0.1, -0.05) is 24.3 Å². The maximum Gasteiger partial charge on any atom is 0.335 e. The Kier molecular flexibility index (Phi) is 6.22. The summed E-state index contributed by atoms with van der Waals surface area (Å²) in [6, 6.07) is 13.3. The summed E-state index contributed by atoms with van der Waals surface area (Å²) >= 11 is 1.64. The van der Waals surface area contributed by atoms with Crippen molar-refractivity contribution in [2.75, 3.05) is 19.3 Å². The number of carboxylic acid groups (broad SMARTS) is 1. The van der Waals surface area contributed by atoms with Crippen molar-refractivity contribution in [2.45, 2.75) is 31.1 Å². The Morgan fingerprint density at radius 1 is 1.11 bits per heavy atom. The molecule has 0 radical (unpaired) electrons. The number of thioether (sulfide) groups is 1. The van der Waals surface area contributed by atoms with E-state index in [0.717, 1.165) is 53.9 Å². The van der Waals surface area contributed by atoms with Crippen LogP contribution < -0.4 is 0 Å². The molecule has 0 atom stereocenters. The number of aryl methyl sites for hydroxylation is 1. The Bertz CT molecular complexity index is 841. The van der Waals surface area contributed by atoms with Crippen LogP contribution in [-0.4, -0.2) is 41.2 Å². The third kappa shape index (κ3) is 4.53. The molecule has 0 aliphatic carbocycles. The zero-order valence-corrected chi connectivity index (χ0v) is 16.6. The van der Waals surface area contributed by atoms with Crippen molar-refractivity contribution in [1.29, 1.82) is 0 Å². The van der Waals surface area contributed by atoms with E-state index < -0.39 is 5.97 Å². The molecule has 27 heavy (non-hydrogen) atoms. The van der Waals surface area contributed by atoms with Gasteiger partial charge in [0.1, 0.15) is 0 Å². The zero-order chi connectivity index (χ0) is 19.4. The molecule has 1 aliphatic rings. The molecular weight excluding hydrogens is 358 g/mol. The second-order valence-corrected chi connectivity index (χ2v) is 7.96. The van der Waals surface area contributed by atoms with E-state index >= 15 is 0 Å². The van der Waals surface area contributed by atoms with E-state index in [1.165, 1.54) is 0 Å². The lowest BCUT2D eigenvalue weighted by atomic mass is 9.88. The lowest BCUT2D eigenvalue weighted by Crippen LogP contribution is -2.39. The van der Waals surface area contributed by atoms with E-state index in [9.17, 15) is 14.7 Å². The molecule has 0 unspecified atom stereocenters. The molecule has 1 N–H and O–H groups in total. The maximum absolute atomic E-state index is 12.9. The molecule has 1 heterocycles. The molecule has 2 aromatic rings. The predicted molar refractivity (Wildman–Crippen MR) is 109 cm³/mol. The average Bonchev–Trinajstić information content (AvgIpc) is 2.69. The van der Waals surface area contributed by atoms with E-state index in [0.29, 0.717) is 11.5 Å². The van der Waals surface area contributed by atoms with Gasteiger partial charge < -0.3 is 10.0 Å². The van der Waals surface area contributed by atoms with Crippen LogP contribution in [0.5, 0.6) is 0 Å². The van der Waals surface area contributed by atoms with Crippen LogP contribution in [0.15, 0.2) is 47.4 Å². The summed E-state index contributed by atoms with van der Waals surface area (Å²) in [5.74, 6) is -0.358. The number of nitrogens with zero attached hydrogens (tertiary/aromatic N) is 1. The normalized spacial score (nSPS) is 15.0. The number of piperidine rings is 1. The molecule has 142 valence electrons. The first-order chi connectivity index (χ1) is 13.0. The minimum Gasteiger partial charge on any atom is -0.478 e. The van der Waals surface area contributed by atoms with Crippen LogP contribution in [0, 0.1) is 12.8 Å². The highest BCUT2D eigenvalue weighted by molar-refractivity contribution is 7.98. The van der Waals surface area contributed by atoms with E-state index in [-0.39, 0.29) is 5.91 Å². The summed E-state index contributed by atoms with van der Waals surface area (Å²) in [5, 5.41) is 9.35. The highest BCUT2D eigenvalue weighted by Crippen LogP contribution is 2.26. The molecular formula is C22H25NO3S. The number of carbonyl (C=O) groups is 2. The van der Waals surface area contributed by atoms with Crippen molar-refractivity contribution in [1.82, 2.24) is 4.90 Å². The number of hydrogen-bond donors (Lipinski definition) is 1. The standard InChI is InChI=1S/C22H25NO3S/c1-15-7-8-18(27-2)14-20(15)21(24)23-11-9-16(10-12-23)13-17-5-3-4-6-19(17)22(25)26/h3-8,14,16H,9-13H2,1-2H3,(H,25,26). The van der Waals surface area contributed by atoms with Gasteiger partial charge in [-0.3, -0.25) is 4.79 Å². The Labute approximate surface area is 164 Å². The zero-order valence-electron chi connectivity index (χ0n) is 15.8. The molecule has 1 saturated heterocycles. The molecule has 4 nitrogen and oxygen atoms in total. The summed E-state index contributed by atoms with van der Waals surface area (Å²) in [7, 11) is 0. The molecule has 0 saturated carbocycles. The van der Waals surface area contributed by atoms with Crippen LogP contribution in [0.25, 0.3) is 0 Å². The number of hydrogen-bond acceptors (Lipinski definition) is 3. The number of carbonyl (C=O) groups excluding carboxylic acids is 1. The summed E-state index contributed by atoms with van der Waals surface area (Å²) in [6.07, 6.45) is 4.58. The van der Waals surface area contributed by atoms with Crippen molar-refractivity contribution in [3.63, 3.8) is 0 Å². The highest BCUT2D eigenvalue weighted by Gasteiger charge is 2.25. The lowest BCUT2D eigenvalue weighted by Gasteiger charge is -2.32. The minimum absolute atomic E-state index is 0.104. The topological polar surface area (TPSA) is 57.6 Å². The number of rotatable bonds is 5. The van der Waals surface area contributed by atoms with Gasteiger partial charge in [-0.2, -0.15) is 0 Å². The predicted octanol–water partition coefficient (Wildman–Crippen LogP) is 4.51. The Hall–Kier alpha value is -2.27. The fourth-order valence-corrected chi connectivity index (χ4v) is 4.13. The van der Waals surface area contributed by atoms with Crippen molar-refractivity contribution < 1.29 is 14.7 Å². The van der Waals surface area contributed by atoms with Crippen LogP contribution in [-0.2, 0) is 6.42 Å². The first-order valence-corrected chi connectivity index (χ1v) is 10.5. The molecule has 1 aliphatic heterocycles. The summed E-state index contributed by atoms with van der Waals surface area (Å²) in [5.41, 5.74) is 3.07. The largest absolute Gasteiger partial charge is 0.478 e. The van der Waals surface area contributed by atoms with Gasteiger partial charge in [-0.05, 0) is 67.7 Å². The van der Waals surface area contributed by atoms with Gasteiger partial charge in [-0.25, -0.2) is 4.79 Å².